The van der Waals surface area contributed by atoms with E-state index in [4.69, 9.17) is 23.2 Å². The van der Waals surface area contributed by atoms with Crippen molar-refractivity contribution in [2.45, 2.75) is 25.3 Å². The van der Waals surface area contributed by atoms with Crippen LogP contribution in [0.3, 0.4) is 0 Å². The molecule has 1 atom stereocenters. The van der Waals surface area contributed by atoms with Gasteiger partial charge in [-0.1, -0.05) is 53.5 Å². The fourth-order valence-electron chi connectivity index (χ4n) is 3.26. The molecular weight excluding hydrogens is 345 g/mol. The van der Waals surface area contributed by atoms with Crippen molar-refractivity contribution in [1.29, 1.82) is 0 Å². The molecule has 4 rings (SSSR count). The summed E-state index contributed by atoms with van der Waals surface area (Å²) < 4.78 is 3.22. The van der Waals surface area contributed by atoms with Gasteiger partial charge in [0.25, 0.3) is 0 Å². The van der Waals surface area contributed by atoms with Gasteiger partial charge in [0.05, 0.1) is 21.8 Å². The van der Waals surface area contributed by atoms with Gasteiger partial charge in [0.1, 0.15) is 5.82 Å². The number of hydrogen-bond donors (Lipinski definition) is 0. The molecule has 24 heavy (non-hydrogen) atoms. The summed E-state index contributed by atoms with van der Waals surface area (Å²) in [4.78, 5) is 13.0. The SMILES string of the molecule is O=c1n(-c2ccc(Cl)c(Cl)c2)nc2n1[C@H](c1ccccc1)CCC2. The van der Waals surface area contributed by atoms with Crippen molar-refractivity contribution in [3.05, 3.63) is 80.4 Å². The molecule has 6 heteroatoms. The molecule has 1 aliphatic rings. The van der Waals surface area contributed by atoms with Crippen LogP contribution in [0.4, 0.5) is 0 Å². The fourth-order valence-corrected chi connectivity index (χ4v) is 3.55. The summed E-state index contributed by atoms with van der Waals surface area (Å²) in [7, 11) is 0. The van der Waals surface area contributed by atoms with Crippen molar-refractivity contribution in [3.63, 3.8) is 0 Å². The van der Waals surface area contributed by atoms with Crippen LogP contribution >= 0.6 is 23.2 Å². The number of benzene rings is 2. The monoisotopic (exact) mass is 359 g/mol. The third-order valence-electron chi connectivity index (χ3n) is 4.40. The van der Waals surface area contributed by atoms with Crippen molar-refractivity contribution < 1.29 is 0 Å². The zero-order valence-electron chi connectivity index (χ0n) is 12.8. The molecule has 0 saturated carbocycles. The van der Waals surface area contributed by atoms with E-state index in [1.54, 1.807) is 22.8 Å². The van der Waals surface area contributed by atoms with Crippen molar-refractivity contribution in [1.82, 2.24) is 14.3 Å². The molecule has 2 aromatic carbocycles. The zero-order valence-corrected chi connectivity index (χ0v) is 14.3. The maximum Gasteiger partial charge on any atom is 0.351 e. The van der Waals surface area contributed by atoms with Crippen molar-refractivity contribution in [3.8, 4) is 5.69 Å². The number of hydrogen-bond acceptors (Lipinski definition) is 2. The quantitative estimate of drug-likeness (QED) is 0.685. The first-order valence-corrected chi connectivity index (χ1v) is 8.61. The molecule has 0 radical (unpaired) electrons. The first kappa shape index (κ1) is 15.5. The molecule has 1 aromatic heterocycles. The molecule has 0 spiro atoms. The highest BCUT2D eigenvalue weighted by molar-refractivity contribution is 6.42. The van der Waals surface area contributed by atoms with Crippen LogP contribution in [0.5, 0.6) is 0 Å². The number of halogens is 2. The lowest BCUT2D eigenvalue weighted by Gasteiger charge is -2.23. The highest BCUT2D eigenvalue weighted by atomic mass is 35.5. The Morgan fingerprint density at radius 1 is 1.04 bits per heavy atom. The lowest BCUT2D eigenvalue weighted by Crippen LogP contribution is -2.30. The van der Waals surface area contributed by atoms with E-state index in [2.05, 4.69) is 17.2 Å². The Balaban J connectivity index is 1.85. The summed E-state index contributed by atoms with van der Waals surface area (Å²) in [5.74, 6) is 0.811. The van der Waals surface area contributed by atoms with Gasteiger partial charge in [0.2, 0.25) is 0 Å². The number of aromatic nitrogens is 3. The van der Waals surface area contributed by atoms with Gasteiger partial charge in [-0.05, 0) is 36.6 Å². The van der Waals surface area contributed by atoms with Crippen LogP contribution < -0.4 is 5.69 Å². The third-order valence-corrected chi connectivity index (χ3v) is 5.14. The van der Waals surface area contributed by atoms with Crippen LogP contribution in [-0.4, -0.2) is 14.3 Å². The Bertz CT molecular complexity index is 947. The minimum Gasteiger partial charge on any atom is -0.271 e. The first-order valence-electron chi connectivity index (χ1n) is 7.86. The second-order valence-corrected chi connectivity index (χ2v) is 6.71. The lowest BCUT2D eigenvalue weighted by atomic mass is 9.97. The van der Waals surface area contributed by atoms with Gasteiger partial charge in [0, 0.05) is 6.42 Å². The smallest absolute Gasteiger partial charge is 0.271 e. The van der Waals surface area contributed by atoms with Crippen LogP contribution in [0, 0.1) is 0 Å². The van der Waals surface area contributed by atoms with Crippen LogP contribution in [0.25, 0.3) is 5.69 Å². The predicted molar refractivity (Wildman–Crippen MR) is 95.4 cm³/mol. The first-order chi connectivity index (χ1) is 11.6. The second-order valence-electron chi connectivity index (χ2n) is 5.90. The molecule has 0 bridgehead atoms. The lowest BCUT2D eigenvalue weighted by molar-refractivity contribution is 0.441. The fraction of sp³-hybridized carbons (Fsp3) is 0.222. The summed E-state index contributed by atoms with van der Waals surface area (Å²) in [5, 5.41) is 5.40. The number of rotatable bonds is 2. The van der Waals surface area contributed by atoms with Crippen LogP contribution in [0.2, 0.25) is 10.0 Å². The molecule has 0 fully saturated rings. The van der Waals surface area contributed by atoms with E-state index in [0.29, 0.717) is 15.7 Å². The zero-order chi connectivity index (χ0) is 16.7. The largest absolute Gasteiger partial charge is 0.351 e. The summed E-state index contributed by atoms with van der Waals surface area (Å²) in [6.45, 7) is 0. The minimum absolute atomic E-state index is 0.0268. The normalized spacial score (nSPS) is 16.8. The van der Waals surface area contributed by atoms with Gasteiger partial charge < -0.3 is 0 Å². The molecule has 122 valence electrons. The van der Waals surface area contributed by atoms with Gasteiger partial charge in [-0.25, -0.2) is 4.79 Å². The Labute approximate surface area is 149 Å². The molecule has 2 heterocycles. The highest BCUT2D eigenvalue weighted by Crippen LogP contribution is 2.29. The maximum atomic E-state index is 13.0. The number of aryl methyl sites for hydroxylation is 1. The molecule has 0 N–H and O–H groups in total. The molecular formula is C18H15Cl2N3O. The molecule has 0 aliphatic carbocycles. The van der Waals surface area contributed by atoms with Gasteiger partial charge >= 0.3 is 5.69 Å². The third kappa shape index (κ3) is 2.56. The topological polar surface area (TPSA) is 39.8 Å². The Morgan fingerprint density at radius 2 is 1.83 bits per heavy atom. The summed E-state index contributed by atoms with van der Waals surface area (Å²) in [5.41, 5.74) is 1.62. The Morgan fingerprint density at radius 3 is 2.58 bits per heavy atom. The number of fused-ring (bicyclic) bond motifs is 1. The average molecular weight is 360 g/mol. The molecule has 0 saturated heterocycles. The molecule has 4 nitrogen and oxygen atoms in total. The Kier molecular flexibility index (Phi) is 3.94. The van der Waals surface area contributed by atoms with Crippen LogP contribution in [0.15, 0.2) is 53.3 Å². The van der Waals surface area contributed by atoms with E-state index in [-0.39, 0.29) is 11.7 Å². The molecule has 0 amide bonds. The average Bonchev–Trinajstić information content (AvgIpc) is 2.95. The van der Waals surface area contributed by atoms with Crippen molar-refractivity contribution in [2.75, 3.05) is 0 Å². The molecule has 0 unspecified atom stereocenters. The van der Waals surface area contributed by atoms with Crippen molar-refractivity contribution in [2.24, 2.45) is 0 Å². The Hall–Kier alpha value is -2.04. The number of nitrogens with zero attached hydrogens (tertiary/aromatic N) is 3. The van der Waals surface area contributed by atoms with Gasteiger partial charge in [-0.3, -0.25) is 4.57 Å². The maximum absolute atomic E-state index is 13.0. The van der Waals surface area contributed by atoms with E-state index in [0.717, 1.165) is 30.7 Å². The van der Waals surface area contributed by atoms with Gasteiger partial charge in [-0.2, -0.15) is 4.68 Å². The van der Waals surface area contributed by atoms with Crippen LogP contribution in [0.1, 0.15) is 30.3 Å². The van der Waals surface area contributed by atoms with E-state index in [9.17, 15) is 4.79 Å². The van der Waals surface area contributed by atoms with Crippen LogP contribution in [-0.2, 0) is 6.42 Å². The van der Waals surface area contributed by atoms with Crippen molar-refractivity contribution >= 4 is 23.2 Å². The summed E-state index contributed by atoms with van der Waals surface area (Å²) in [6.07, 6.45) is 2.74. The molecule has 3 aromatic rings. The van der Waals surface area contributed by atoms with E-state index in [1.807, 2.05) is 18.2 Å². The predicted octanol–water partition coefficient (Wildman–Crippen LogP) is 4.27. The van der Waals surface area contributed by atoms with Gasteiger partial charge in [0.15, 0.2) is 0 Å². The van der Waals surface area contributed by atoms with Gasteiger partial charge in [-0.15, -0.1) is 5.10 Å². The van der Waals surface area contributed by atoms with E-state index in [1.165, 1.54) is 4.68 Å². The summed E-state index contributed by atoms with van der Waals surface area (Å²) >= 11 is 12.1. The van der Waals surface area contributed by atoms with E-state index >= 15 is 0 Å². The van der Waals surface area contributed by atoms with E-state index < -0.39 is 0 Å². The molecule has 1 aliphatic heterocycles. The second kappa shape index (κ2) is 6.11. The standard InChI is InChI=1S/C18H15Cl2N3O/c19-14-10-9-13(11-15(14)20)23-18(24)22-16(7-4-8-17(22)21-23)12-5-2-1-3-6-12/h1-3,5-6,9-11,16H,4,7-8H2/t16-/m0/s1. The minimum atomic E-state index is -0.142. The highest BCUT2D eigenvalue weighted by Gasteiger charge is 2.26. The summed E-state index contributed by atoms with van der Waals surface area (Å²) in [6, 6.07) is 15.2.